The van der Waals surface area contributed by atoms with Crippen molar-refractivity contribution < 1.29 is 4.42 Å². The molecule has 0 atom stereocenters. The molecule has 0 N–H and O–H groups in total. The Morgan fingerprint density at radius 1 is 0.352 bits per heavy atom. The summed E-state index contributed by atoms with van der Waals surface area (Å²) in [5.74, 6) is 0.619. The third-order valence-electron chi connectivity index (χ3n) is 10.3. The minimum Gasteiger partial charge on any atom is -0.435 e. The molecule has 0 saturated heterocycles. The number of fused-ring (bicyclic) bond motifs is 5. The lowest BCUT2D eigenvalue weighted by Gasteiger charge is -2.26. The van der Waals surface area contributed by atoms with Crippen molar-refractivity contribution >= 4 is 49.7 Å². The van der Waals surface area contributed by atoms with Crippen LogP contribution in [-0.2, 0) is 0 Å². The second kappa shape index (κ2) is 13.4. The van der Waals surface area contributed by atoms with Gasteiger partial charge < -0.3 is 9.32 Å². The highest BCUT2D eigenvalue weighted by atomic mass is 16.3. The van der Waals surface area contributed by atoms with Crippen molar-refractivity contribution in [2.24, 2.45) is 0 Å². The van der Waals surface area contributed by atoms with Gasteiger partial charge in [0.15, 0.2) is 5.58 Å². The molecule has 3 nitrogen and oxygen atoms in total. The lowest BCUT2D eigenvalue weighted by Crippen LogP contribution is -2.09. The molecule has 0 fully saturated rings. The van der Waals surface area contributed by atoms with Crippen LogP contribution in [-0.4, -0.2) is 4.98 Å². The van der Waals surface area contributed by atoms with Crippen LogP contribution in [0.2, 0.25) is 0 Å². The Hall–Kier alpha value is -7.23. The number of anilines is 3. The van der Waals surface area contributed by atoms with Crippen LogP contribution in [0, 0.1) is 0 Å². The first-order chi connectivity index (χ1) is 26.8. The van der Waals surface area contributed by atoms with E-state index in [1.165, 1.54) is 33.0 Å². The van der Waals surface area contributed by atoms with Crippen LogP contribution in [0.4, 0.5) is 17.1 Å². The Bertz CT molecular complexity index is 2800. The molecule has 10 aromatic rings. The normalized spacial score (nSPS) is 11.3. The summed E-state index contributed by atoms with van der Waals surface area (Å²) in [7, 11) is 0. The fourth-order valence-corrected chi connectivity index (χ4v) is 7.58. The summed E-state index contributed by atoms with van der Waals surface area (Å²) < 4.78 is 6.62. The van der Waals surface area contributed by atoms with E-state index in [9.17, 15) is 0 Å². The van der Waals surface area contributed by atoms with Gasteiger partial charge in [0.05, 0.1) is 0 Å². The monoisotopic (exact) mass is 690 g/mol. The summed E-state index contributed by atoms with van der Waals surface area (Å²) in [5.41, 5.74) is 12.7. The molecular weight excluding hydrogens is 657 g/mol. The molecule has 0 spiro atoms. The maximum atomic E-state index is 6.62. The van der Waals surface area contributed by atoms with E-state index in [4.69, 9.17) is 9.40 Å². The molecule has 0 saturated carbocycles. The number of oxazole rings is 1. The van der Waals surface area contributed by atoms with E-state index in [0.29, 0.717) is 5.89 Å². The van der Waals surface area contributed by atoms with Crippen LogP contribution >= 0.6 is 0 Å². The molecule has 0 unspecified atom stereocenters. The Kier molecular flexibility index (Phi) is 7.81. The quantitative estimate of drug-likeness (QED) is 0.156. The Labute approximate surface area is 314 Å². The molecule has 0 radical (unpaired) electrons. The van der Waals surface area contributed by atoms with E-state index >= 15 is 0 Å². The van der Waals surface area contributed by atoms with Gasteiger partial charge in [-0.2, -0.15) is 0 Å². The molecule has 0 aliphatic carbocycles. The third-order valence-corrected chi connectivity index (χ3v) is 10.3. The first-order valence-electron chi connectivity index (χ1n) is 18.3. The van der Waals surface area contributed by atoms with Gasteiger partial charge in [-0.3, -0.25) is 0 Å². The Morgan fingerprint density at radius 2 is 0.815 bits per heavy atom. The van der Waals surface area contributed by atoms with Gasteiger partial charge in [-0.15, -0.1) is 0 Å². The van der Waals surface area contributed by atoms with E-state index in [0.717, 1.165) is 55.6 Å². The zero-order valence-corrected chi connectivity index (χ0v) is 29.4. The Morgan fingerprint density at radius 3 is 1.37 bits per heavy atom. The fourth-order valence-electron chi connectivity index (χ4n) is 7.58. The van der Waals surface area contributed by atoms with E-state index < -0.39 is 0 Å². The van der Waals surface area contributed by atoms with Crippen molar-refractivity contribution in [1.82, 2.24) is 4.98 Å². The van der Waals surface area contributed by atoms with E-state index in [2.05, 4.69) is 181 Å². The van der Waals surface area contributed by atoms with Gasteiger partial charge in [-0.1, -0.05) is 146 Å². The van der Waals surface area contributed by atoms with Gasteiger partial charge in [0.1, 0.15) is 5.52 Å². The van der Waals surface area contributed by atoms with Gasteiger partial charge in [-0.05, 0) is 105 Å². The molecular formula is C51H34N2O. The SMILES string of the molecule is c1ccc(-c2ccc(N(c3ccc(-c4ccccc4)cc3)c3ccc(-c4cc5c6ccccc6ccc5c5oc(-c6ccccc6)nc45)cc3)cc2)cc1. The van der Waals surface area contributed by atoms with Gasteiger partial charge >= 0.3 is 0 Å². The maximum Gasteiger partial charge on any atom is 0.227 e. The van der Waals surface area contributed by atoms with Crippen molar-refractivity contribution in [3.05, 3.63) is 206 Å². The summed E-state index contributed by atoms with van der Waals surface area (Å²) in [6.07, 6.45) is 0. The smallest absolute Gasteiger partial charge is 0.227 e. The average molecular weight is 691 g/mol. The zero-order chi connectivity index (χ0) is 35.8. The van der Waals surface area contributed by atoms with Crippen molar-refractivity contribution in [3.8, 4) is 44.8 Å². The first-order valence-corrected chi connectivity index (χ1v) is 18.3. The average Bonchev–Trinajstić information content (AvgIpc) is 3.71. The van der Waals surface area contributed by atoms with Crippen LogP contribution in [0.5, 0.6) is 0 Å². The highest BCUT2D eigenvalue weighted by Crippen LogP contribution is 2.42. The van der Waals surface area contributed by atoms with Crippen molar-refractivity contribution in [1.29, 1.82) is 0 Å². The minimum atomic E-state index is 0.619. The first kappa shape index (κ1) is 31.5. The topological polar surface area (TPSA) is 29.3 Å². The lowest BCUT2D eigenvalue weighted by molar-refractivity contribution is 0.623. The molecule has 1 heterocycles. The van der Waals surface area contributed by atoms with Crippen LogP contribution in [0.25, 0.3) is 77.5 Å². The molecule has 254 valence electrons. The summed E-state index contributed by atoms with van der Waals surface area (Å²) in [4.78, 5) is 7.45. The molecule has 54 heavy (non-hydrogen) atoms. The lowest BCUT2D eigenvalue weighted by atomic mass is 9.95. The predicted octanol–water partition coefficient (Wildman–Crippen LogP) is 14.3. The fraction of sp³-hybridized carbons (Fsp3) is 0. The predicted molar refractivity (Wildman–Crippen MR) is 225 cm³/mol. The van der Waals surface area contributed by atoms with E-state index in [1.54, 1.807) is 0 Å². The van der Waals surface area contributed by atoms with Gasteiger partial charge in [-0.25, -0.2) is 4.98 Å². The summed E-state index contributed by atoms with van der Waals surface area (Å²) in [5, 5.41) is 4.59. The number of benzene rings is 9. The number of hydrogen-bond donors (Lipinski definition) is 0. The van der Waals surface area contributed by atoms with Crippen LogP contribution in [0.1, 0.15) is 0 Å². The number of nitrogens with zero attached hydrogens (tertiary/aromatic N) is 2. The molecule has 1 aromatic heterocycles. The number of aromatic nitrogens is 1. The number of rotatable bonds is 7. The Balaban J connectivity index is 1.10. The molecule has 0 amide bonds. The van der Waals surface area contributed by atoms with Gasteiger partial charge in [0.25, 0.3) is 0 Å². The summed E-state index contributed by atoms with van der Waals surface area (Å²) in [6.45, 7) is 0. The van der Waals surface area contributed by atoms with Crippen molar-refractivity contribution in [2.75, 3.05) is 4.90 Å². The summed E-state index contributed by atoms with van der Waals surface area (Å²) >= 11 is 0. The van der Waals surface area contributed by atoms with E-state index in [1.807, 2.05) is 30.3 Å². The highest BCUT2D eigenvalue weighted by Gasteiger charge is 2.19. The summed E-state index contributed by atoms with van der Waals surface area (Å²) in [6, 6.07) is 72.8. The van der Waals surface area contributed by atoms with Crippen LogP contribution in [0.3, 0.4) is 0 Å². The van der Waals surface area contributed by atoms with E-state index in [-0.39, 0.29) is 0 Å². The van der Waals surface area contributed by atoms with Gasteiger partial charge in [0.2, 0.25) is 5.89 Å². The highest BCUT2D eigenvalue weighted by molar-refractivity contribution is 6.18. The molecule has 0 aliphatic rings. The third kappa shape index (κ3) is 5.69. The molecule has 10 rings (SSSR count). The molecule has 0 aliphatic heterocycles. The number of hydrogen-bond acceptors (Lipinski definition) is 3. The molecule has 3 heteroatoms. The second-order valence-electron chi connectivity index (χ2n) is 13.6. The molecule has 9 aromatic carbocycles. The van der Waals surface area contributed by atoms with Crippen molar-refractivity contribution in [2.45, 2.75) is 0 Å². The van der Waals surface area contributed by atoms with Gasteiger partial charge in [0, 0.05) is 33.6 Å². The van der Waals surface area contributed by atoms with Crippen LogP contribution in [0.15, 0.2) is 211 Å². The molecule has 0 bridgehead atoms. The van der Waals surface area contributed by atoms with Crippen LogP contribution < -0.4 is 4.90 Å². The largest absolute Gasteiger partial charge is 0.435 e. The van der Waals surface area contributed by atoms with Crippen molar-refractivity contribution in [3.63, 3.8) is 0 Å². The standard InChI is InChI=1S/C51H34N2O/c1-4-12-35(13-5-1)37-20-27-42(28-21-37)53(43-29-22-38(23-30-43)36-14-6-2-7-15-36)44-31-24-40(25-32-44)47-34-48-45-19-11-10-16-39(45)26-33-46(48)50-49(47)52-51(54-50)41-17-8-3-9-18-41/h1-34H. The maximum absolute atomic E-state index is 6.62. The second-order valence-corrected chi connectivity index (χ2v) is 13.6. The minimum absolute atomic E-state index is 0.619. The zero-order valence-electron chi connectivity index (χ0n) is 29.4.